The highest BCUT2D eigenvalue weighted by Gasteiger charge is 2.25. The number of benzene rings is 1. The molecule has 1 rings (SSSR count). The highest BCUT2D eigenvalue weighted by atomic mass is 35.5. The summed E-state index contributed by atoms with van der Waals surface area (Å²) in [4.78, 5) is 0. The molecule has 1 unspecified atom stereocenters. The van der Waals surface area contributed by atoms with Gasteiger partial charge in [-0.05, 0) is 44.0 Å². The van der Waals surface area contributed by atoms with Gasteiger partial charge in [0.25, 0.3) is 0 Å². The van der Waals surface area contributed by atoms with Crippen molar-refractivity contribution in [3.63, 3.8) is 0 Å². The van der Waals surface area contributed by atoms with Crippen LogP contribution in [0.2, 0.25) is 5.02 Å². The molecule has 0 radical (unpaired) electrons. The summed E-state index contributed by atoms with van der Waals surface area (Å²) in [6.45, 7) is 2.54. The van der Waals surface area contributed by atoms with Crippen LogP contribution in [0.15, 0.2) is 24.3 Å². The van der Waals surface area contributed by atoms with Crippen molar-refractivity contribution in [3.05, 3.63) is 34.9 Å². The fourth-order valence-corrected chi connectivity index (χ4v) is 1.86. The lowest BCUT2D eigenvalue weighted by Gasteiger charge is -2.14. The van der Waals surface area contributed by atoms with Crippen LogP contribution in [-0.2, 0) is 0 Å². The van der Waals surface area contributed by atoms with Gasteiger partial charge in [0.1, 0.15) is 0 Å². The minimum Gasteiger partial charge on any atom is -0.310 e. The van der Waals surface area contributed by atoms with E-state index < -0.39 is 12.6 Å². The Balaban J connectivity index is 2.23. The molecule has 0 saturated carbocycles. The van der Waals surface area contributed by atoms with Crippen LogP contribution in [0, 0.1) is 0 Å². The molecule has 1 nitrogen and oxygen atoms in total. The van der Waals surface area contributed by atoms with Crippen molar-refractivity contribution in [2.24, 2.45) is 0 Å². The van der Waals surface area contributed by atoms with Crippen LogP contribution in [0.1, 0.15) is 37.8 Å². The van der Waals surface area contributed by atoms with E-state index in [4.69, 9.17) is 11.6 Å². The first kappa shape index (κ1) is 15.3. The Bertz CT molecular complexity index is 365. The summed E-state index contributed by atoms with van der Waals surface area (Å²) < 4.78 is 35.7. The largest absolute Gasteiger partial charge is 0.389 e. The van der Waals surface area contributed by atoms with Gasteiger partial charge in [-0.2, -0.15) is 13.2 Å². The van der Waals surface area contributed by atoms with Crippen LogP contribution < -0.4 is 5.32 Å². The zero-order valence-corrected chi connectivity index (χ0v) is 11.0. The standard InChI is InChI=1S/C13H17ClF3N/c1-10(11-5-4-6-12(14)9-11)18-8-3-2-7-13(15,16)17/h4-6,9-10,18H,2-3,7-8H2,1H3. The zero-order valence-electron chi connectivity index (χ0n) is 10.2. The summed E-state index contributed by atoms with van der Waals surface area (Å²) in [6.07, 6.45) is -4.07. The molecule has 0 aromatic heterocycles. The summed E-state index contributed by atoms with van der Waals surface area (Å²) >= 11 is 5.87. The minimum atomic E-state index is -4.04. The molecule has 1 atom stereocenters. The minimum absolute atomic E-state index is 0.0922. The fraction of sp³-hybridized carbons (Fsp3) is 0.538. The lowest BCUT2D eigenvalue weighted by atomic mass is 10.1. The topological polar surface area (TPSA) is 12.0 Å². The van der Waals surface area contributed by atoms with Crippen LogP contribution in [0.5, 0.6) is 0 Å². The molecule has 0 amide bonds. The van der Waals surface area contributed by atoms with Crippen LogP contribution in [0.25, 0.3) is 0 Å². The first-order valence-electron chi connectivity index (χ1n) is 5.94. The second-order valence-corrected chi connectivity index (χ2v) is 4.74. The van der Waals surface area contributed by atoms with E-state index in [1.165, 1.54) is 0 Å². The second kappa shape index (κ2) is 7.00. The normalized spacial score (nSPS) is 13.6. The van der Waals surface area contributed by atoms with Crippen LogP contribution in [-0.4, -0.2) is 12.7 Å². The predicted octanol–water partition coefficient (Wildman–Crippen LogP) is 4.72. The van der Waals surface area contributed by atoms with Gasteiger partial charge < -0.3 is 5.32 Å². The quantitative estimate of drug-likeness (QED) is 0.743. The van der Waals surface area contributed by atoms with Crippen molar-refractivity contribution in [2.45, 2.75) is 38.4 Å². The average molecular weight is 280 g/mol. The summed E-state index contributed by atoms with van der Waals surface area (Å²) in [5.74, 6) is 0. The Hall–Kier alpha value is -0.740. The van der Waals surface area contributed by atoms with Gasteiger partial charge in [0.05, 0.1) is 0 Å². The Morgan fingerprint density at radius 1 is 1.28 bits per heavy atom. The molecule has 0 spiro atoms. The number of halogens is 4. The van der Waals surface area contributed by atoms with Crippen molar-refractivity contribution in [2.75, 3.05) is 6.54 Å². The molecule has 1 aromatic rings. The molecular formula is C13H17ClF3N. The Morgan fingerprint density at radius 2 is 2.00 bits per heavy atom. The molecule has 0 aliphatic rings. The summed E-state index contributed by atoms with van der Waals surface area (Å²) in [5, 5.41) is 3.85. The first-order chi connectivity index (χ1) is 8.38. The Kier molecular flexibility index (Phi) is 5.96. The van der Waals surface area contributed by atoms with Crippen molar-refractivity contribution in [1.29, 1.82) is 0 Å². The molecular weight excluding hydrogens is 263 g/mol. The number of unbranched alkanes of at least 4 members (excludes halogenated alkanes) is 1. The second-order valence-electron chi connectivity index (χ2n) is 4.30. The van der Waals surface area contributed by atoms with E-state index in [1.807, 2.05) is 25.1 Å². The van der Waals surface area contributed by atoms with Gasteiger partial charge in [-0.1, -0.05) is 23.7 Å². The lowest BCUT2D eigenvalue weighted by molar-refractivity contribution is -0.135. The summed E-state index contributed by atoms with van der Waals surface area (Å²) in [7, 11) is 0. The molecule has 0 heterocycles. The number of nitrogens with one attached hydrogen (secondary N) is 1. The van der Waals surface area contributed by atoms with Gasteiger partial charge in [-0.25, -0.2) is 0 Å². The highest BCUT2D eigenvalue weighted by molar-refractivity contribution is 6.30. The molecule has 102 valence electrons. The van der Waals surface area contributed by atoms with E-state index in [0.29, 0.717) is 18.0 Å². The van der Waals surface area contributed by atoms with Gasteiger partial charge in [0.15, 0.2) is 0 Å². The molecule has 0 aliphatic carbocycles. The van der Waals surface area contributed by atoms with E-state index >= 15 is 0 Å². The summed E-state index contributed by atoms with van der Waals surface area (Å²) in [6, 6.07) is 7.55. The third-order valence-electron chi connectivity index (χ3n) is 2.69. The highest BCUT2D eigenvalue weighted by Crippen LogP contribution is 2.22. The van der Waals surface area contributed by atoms with E-state index in [2.05, 4.69) is 5.32 Å². The van der Waals surface area contributed by atoms with Gasteiger partial charge >= 0.3 is 6.18 Å². The molecule has 1 N–H and O–H groups in total. The van der Waals surface area contributed by atoms with Gasteiger partial charge in [0, 0.05) is 17.5 Å². The van der Waals surface area contributed by atoms with E-state index in [1.54, 1.807) is 6.07 Å². The fourth-order valence-electron chi connectivity index (χ4n) is 1.66. The van der Waals surface area contributed by atoms with Crippen molar-refractivity contribution in [3.8, 4) is 0 Å². The first-order valence-corrected chi connectivity index (χ1v) is 6.32. The number of rotatable bonds is 6. The van der Waals surface area contributed by atoms with Crippen molar-refractivity contribution >= 4 is 11.6 Å². The lowest BCUT2D eigenvalue weighted by Crippen LogP contribution is -2.20. The van der Waals surface area contributed by atoms with Crippen LogP contribution in [0.3, 0.4) is 0 Å². The Morgan fingerprint density at radius 3 is 2.61 bits per heavy atom. The maximum absolute atomic E-state index is 11.9. The van der Waals surface area contributed by atoms with Gasteiger partial charge in [-0.3, -0.25) is 0 Å². The molecule has 1 aromatic carbocycles. The molecule has 5 heteroatoms. The zero-order chi connectivity index (χ0) is 13.6. The monoisotopic (exact) mass is 279 g/mol. The molecule has 0 bridgehead atoms. The number of hydrogen-bond donors (Lipinski definition) is 1. The van der Waals surface area contributed by atoms with Crippen molar-refractivity contribution < 1.29 is 13.2 Å². The average Bonchev–Trinajstić information content (AvgIpc) is 2.26. The van der Waals surface area contributed by atoms with Gasteiger partial charge in [0.2, 0.25) is 0 Å². The van der Waals surface area contributed by atoms with Gasteiger partial charge in [-0.15, -0.1) is 0 Å². The SMILES string of the molecule is CC(NCCCCC(F)(F)F)c1cccc(Cl)c1. The summed E-state index contributed by atoms with van der Waals surface area (Å²) in [5.41, 5.74) is 1.04. The van der Waals surface area contributed by atoms with Crippen LogP contribution in [0.4, 0.5) is 13.2 Å². The molecule has 18 heavy (non-hydrogen) atoms. The maximum Gasteiger partial charge on any atom is 0.389 e. The molecule has 0 aliphatic heterocycles. The van der Waals surface area contributed by atoms with Crippen LogP contribution >= 0.6 is 11.6 Å². The van der Waals surface area contributed by atoms with Crippen molar-refractivity contribution in [1.82, 2.24) is 5.32 Å². The molecule has 0 fully saturated rings. The van der Waals surface area contributed by atoms with E-state index in [9.17, 15) is 13.2 Å². The Labute approximate surface area is 110 Å². The van der Waals surface area contributed by atoms with E-state index in [0.717, 1.165) is 5.56 Å². The third kappa shape index (κ3) is 6.26. The van der Waals surface area contributed by atoms with E-state index in [-0.39, 0.29) is 12.5 Å². The molecule has 0 saturated heterocycles. The number of hydrogen-bond acceptors (Lipinski definition) is 1. The smallest absolute Gasteiger partial charge is 0.310 e. The maximum atomic E-state index is 11.9. The number of alkyl halides is 3. The predicted molar refractivity (Wildman–Crippen MR) is 67.8 cm³/mol. The third-order valence-corrected chi connectivity index (χ3v) is 2.92.